The monoisotopic (exact) mass is 334 g/mol. The highest BCUT2D eigenvalue weighted by molar-refractivity contribution is 9.10. The lowest BCUT2D eigenvalue weighted by Gasteiger charge is -2.17. The number of carbonyl (C=O) groups is 1. The zero-order chi connectivity index (χ0) is 14.7. The van der Waals surface area contributed by atoms with E-state index in [-0.39, 0.29) is 17.0 Å². The highest BCUT2D eigenvalue weighted by atomic mass is 79.9. The first-order valence-corrected chi connectivity index (χ1v) is 7.08. The highest BCUT2D eigenvalue weighted by Gasteiger charge is 2.18. The first-order chi connectivity index (χ1) is 9.54. The topological polar surface area (TPSA) is 53.2 Å². The molecule has 2 rings (SSSR count). The summed E-state index contributed by atoms with van der Waals surface area (Å²) in [6.45, 7) is 1.94. The van der Waals surface area contributed by atoms with Crippen molar-refractivity contribution in [2.24, 2.45) is 0 Å². The maximum atomic E-state index is 12.4. The number of rotatable bonds is 3. The molecule has 1 aromatic heterocycles. The van der Waals surface area contributed by atoms with E-state index in [2.05, 4.69) is 20.9 Å². The van der Waals surface area contributed by atoms with E-state index in [1.54, 1.807) is 13.1 Å². The summed E-state index contributed by atoms with van der Waals surface area (Å²) in [6.07, 6.45) is 0.693. The quantitative estimate of drug-likeness (QED) is 0.938. The number of nitrogens with one attached hydrogen (secondary N) is 1. The minimum absolute atomic E-state index is 0.125. The fourth-order valence-electron chi connectivity index (χ4n) is 1.91. The molecule has 1 aromatic carbocycles. The van der Waals surface area contributed by atoms with Crippen LogP contribution in [0.3, 0.4) is 0 Å². The Kier molecular flexibility index (Phi) is 4.39. The third-order valence-electron chi connectivity index (χ3n) is 3.10. The molecule has 104 valence electrons. The van der Waals surface area contributed by atoms with Crippen LogP contribution in [0.15, 0.2) is 45.7 Å². The van der Waals surface area contributed by atoms with Crippen LogP contribution in [0, 0.1) is 0 Å². The Morgan fingerprint density at radius 1 is 1.30 bits per heavy atom. The van der Waals surface area contributed by atoms with E-state index in [0.717, 1.165) is 15.9 Å². The molecule has 1 N–H and O–H groups in total. The molecule has 0 saturated heterocycles. The van der Waals surface area contributed by atoms with Crippen molar-refractivity contribution in [3.05, 3.63) is 62.5 Å². The average Bonchev–Trinajstić information content (AvgIpc) is 2.48. The standard InChI is InChI=1S/C15H15BrN2O2/c1-3-13-12(16)9-11(14(19)17-13)15(20)18(2)10-7-5-4-6-8-10/h4-9H,3H2,1-2H3,(H,17,19). The van der Waals surface area contributed by atoms with Gasteiger partial charge in [-0.05, 0) is 40.5 Å². The number of halogens is 1. The van der Waals surface area contributed by atoms with Crippen molar-refractivity contribution < 1.29 is 4.79 Å². The number of hydrogen-bond acceptors (Lipinski definition) is 2. The van der Waals surface area contributed by atoms with Gasteiger partial charge in [0.05, 0.1) is 0 Å². The molecule has 0 unspecified atom stereocenters. The lowest BCUT2D eigenvalue weighted by Crippen LogP contribution is -2.32. The van der Waals surface area contributed by atoms with E-state index in [0.29, 0.717) is 6.42 Å². The second-order valence-corrected chi connectivity index (χ2v) is 5.25. The van der Waals surface area contributed by atoms with Crippen LogP contribution in [0.1, 0.15) is 23.0 Å². The number of hydrogen-bond donors (Lipinski definition) is 1. The van der Waals surface area contributed by atoms with E-state index in [1.165, 1.54) is 4.90 Å². The minimum Gasteiger partial charge on any atom is -0.324 e. The molecular weight excluding hydrogens is 320 g/mol. The number of aromatic nitrogens is 1. The van der Waals surface area contributed by atoms with Gasteiger partial charge in [-0.3, -0.25) is 9.59 Å². The van der Waals surface area contributed by atoms with Gasteiger partial charge in [0.2, 0.25) is 0 Å². The molecule has 0 fully saturated rings. The molecule has 0 radical (unpaired) electrons. The Morgan fingerprint density at radius 2 is 1.95 bits per heavy atom. The number of anilines is 1. The van der Waals surface area contributed by atoms with Crippen LogP contribution in [0.4, 0.5) is 5.69 Å². The highest BCUT2D eigenvalue weighted by Crippen LogP contribution is 2.17. The third kappa shape index (κ3) is 2.82. The normalized spacial score (nSPS) is 10.3. The molecule has 0 aliphatic rings. The van der Waals surface area contributed by atoms with Crippen LogP contribution in [-0.4, -0.2) is 17.9 Å². The van der Waals surface area contributed by atoms with E-state index < -0.39 is 0 Å². The number of H-pyrrole nitrogens is 1. The van der Waals surface area contributed by atoms with Crippen molar-refractivity contribution in [2.45, 2.75) is 13.3 Å². The summed E-state index contributed by atoms with van der Waals surface area (Å²) >= 11 is 3.37. The Hall–Kier alpha value is -1.88. The van der Waals surface area contributed by atoms with Crippen LogP contribution >= 0.6 is 15.9 Å². The predicted molar refractivity (Wildman–Crippen MR) is 83.3 cm³/mol. The van der Waals surface area contributed by atoms with Gasteiger partial charge in [0, 0.05) is 22.9 Å². The summed E-state index contributed by atoms with van der Waals surface area (Å²) in [5.41, 5.74) is 1.29. The van der Waals surface area contributed by atoms with Gasteiger partial charge in [-0.2, -0.15) is 0 Å². The number of para-hydroxylation sites is 1. The fraction of sp³-hybridized carbons (Fsp3) is 0.200. The third-order valence-corrected chi connectivity index (χ3v) is 3.81. The molecule has 20 heavy (non-hydrogen) atoms. The van der Waals surface area contributed by atoms with Crippen molar-refractivity contribution in [1.29, 1.82) is 0 Å². The lowest BCUT2D eigenvalue weighted by molar-refractivity contribution is 0.0991. The zero-order valence-corrected chi connectivity index (χ0v) is 12.9. The van der Waals surface area contributed by atoms with E-state index in [4.69, 9.17) is 0 Å². The first kappa shape index (κ1) is 14.5. The van der Waals surface area contributed by atoms with Crippen LogP contribution in [0.5, 0.6) is 0 Å². The molecule has 0 aliphatic heterocycles. The summed E-state index contributed by atoms with van der Waals surface area (Å²) < 4.78 is 0.740. The van der Waals surface area contributed by atoms with Crippen molar-refractivity contribution in [3.63, 3.8) is 0 Å². The predicted octanol–water partition coefficient (Wildman–Crippen LogP) is 2.98. The lowest BCUT2D eigenvalue weighted by atomic mass is 10.2. The van der Waals surface area contributed by atoms with Crippen LogP contribution in [0.2, 0.25) is 0 Å². The molecule has 0 bridgehead atoms. The number of carbonyl (C=O) groups excluding carboxylic acids is 1. The zero-order valence-electron chi connectivity index (χ0n) is 11.3. The molecule has 4 nitrogen and oxygen atoms in total. The van der Waals surface area contributed by atoms with Crippen LogP contribution < -0.4 is 10.5 Å². The molecule has 1 heterocycles. The van der Waals surface area contributed by atoms with Crippen molar-refractivity contribution >= 4 is 27.5 Å². The number of benzene rings is 1. The van der Waals surface area contributed by atoms with Gasteiger partial charge in [0.25, 0.3) is 11.5 Å². The van der Waals surface area contributed by atoms with E-state index in [9.17, 15) is 9.59 Å². The van der Waals surface area contributed by atoms with Crippen LogP contribution in [0.25, 0.3) is 0 Å². The number of aromatic amines is 1. The molecule has 1 amide bonds. The Labute approximate surface area is 125 Å². The van der Waals surface area contributed by atoms with Gasteiger partial charge in [-0.25, -0.2) is 0 Å². The Bertz CT molecular complexity index is 680. The molecular formula is C15H15BrN2O2. The summed E-state index contributed by atoms with van der Waals surface area (Å²) in [6, 6.07) is 10.8. The van der Waals surface area contributed by atoms with Gasteiger partial charge in [-0.1, -0.05) is 25.1 Å². The van der Waals surface area contributed by atoms with Gasteiger partial charge in [0.15, 0.2) is 0 Å². The van der Waals surface area contributed by atoms with E-state index in [1.807, 2.05) is 37.3 Å². The van der Waals surface area contributed by atoms with Crippen molar-refractivity contribution in [1.82, 2.24) is 4.98 Å². The number of pyridine rings is 1. The summed E-state index contributed by atoms with van der Waals surface area (Å²) in [4.78, 5) is 28.6. The summed E-state index contributed by atoms with van der Waals surface area (Å²) in [5.74, 6) is -0.333. The maximum absolute atomic E-state index is 12.4. The molecule has 0 saturated carbocycles. The Balaban J connectivity index is 2.39. The molecule has 0 aliphatic carbocycles. The summed E-state index contributed by atoms with van der Waals surface area (Å²) in [5, 5.41) is 0. The van der Waals surface area contributed by atoms with Crippen LogP contribution in [-0.2, 0) is 6.42 Å². The molecule has 0 spiro atoms. The number of aryl methyl sites for hydroxylation is 1. The van der Waals surface area contributed by atoms with Crippen molar-refractivity contribution in [3.8, 4) is 0 Å². The van der Waals surface area contributed by atoms with Gasteiger partial charge in [-0.15, -0.1) is 0 Å². The number of nitrogens with zero attached hydrogens (tertiary/aromatic N) is 1. The van der Waals surface area contributed by atoms with Gasteiger partial charge in [0.1, 0.15) is 5.56 Å². The number of amides is 1. The van der Waals surface area contributed by atoms with Gasteiger partial charge >= 0.3 is 0 Å². The second kappa shape index (κ2) is 6.05. The van der Waals surface area contributed by atoms with Crippen molar-refractivity contribution in [2.75, 3.05) is 11.9 Å². The fourth-order valence-corrected chi connectivity index (χ4v) is 2.52. The molecule has 5 heteroatoms. The molecule has 2 aromatic rings. The first-order valence-electron chi connectivity index (χ1n) is 6.29. The smallest absolute Gasteiger partial charge is 0.263 e. The SMILES string of the molecule is CCc1[nH]c(=O)c(C(=O)N(C)c2ccccc2)cc1Br. The molecule has 0 atom stereocenters. The average molecular weight is 335 g/mol. The minimum atomic E-state index is -0.363. The van der Waals surface area contributed by atoms with E-state index >= 15 is 0 Å². The second-order valence-electron chi connectivity index (χ2n) is 4.39. The van der Waals surface area contributed by atoms with Gasteiger partial charge < -0.3 is 9.88 Å². The Morgan fingerprint density at radius 3 is 2.55 bits per heavy atom. The largest absolute Gasteiger partial charge is 0.324 e. The summed E-state index contributed by atoms with van der Waals surface area (Å²) in [7, 11) is 1.65. The maximum Gasteiger partial charge on any atom is 0.263 e.